The van der Waals surface area contributed by atoms with Crippen molar-refractivity contribution >= 4 is 11.5 Å². The van der Waals surface area contributed by atoms with Gasteiger partial charge in [0, 0.05) is 17.0 Å². The molecule has 1 aromatic rings. The highest BCUT2D eigenvalue weighted by Gasteiger charge is 2.03. The Hall–Kier alpha value is -0.570. The van der Waals surface area contributed by atoms with E-state index in [4.69, 9.17) is 0 Å². The summed E-state index contributed by atoms with van der Waals surface area (Å²) in [5.41, 5.74) is 0.999. The van der Waals surface area contributed by atoms with E-state index in [0.29, 0.717) is 6.04 Å². The fourth-order valence-corrected chi connectivity index (χ4v) is 1.62. The number of hydrogen-bond acceptors (Lipinski definition) is 2. The molecule has 2 nitrogen and oxygen atoms in total. The van der Waals surface area contributed by atoms with Crippen LogP contribution in [-0.4, -0.2) is 3.96 Å². The summed E-state index contributed by atoms with van der Waals surface area (Å²) in [6.45, 7) is 5.87. The second-order valence-electron chi connectivity index (χ2n) is 2.63. The third kappa shape index (κ3) is 1.14. The molecule has 0 unspecified atom stereocenters. The minimum atomic E-state index is 0.153. The molecular formula is C7H11NOS. The van der Waals surface area contributed by atoms with Gasteiger partial charge >= 0.3 is 0 Å². The highest BCUT2D eigenvalue weighted by molar-refractivity contribution is 7.04. The first-order chi connectivity index (χ1) is 4.63. The van der Waals surface area contributed by atoms with E-state index in [2.05, 4.69) is 0 Å². The normalized spacial score (nSPS) is 10.8. The average Bonchev–Trinajstić information content (AvgIpc) is 2.14. The van der Waals surface area contributed by atoms with E-state index in [1.165, 1.54) is 11.5 Å². The highest BCUT2D eigenvalue weighted by Crippen LogP contribution is 2.06. The largest absolute Gasteiger partial charge is 0.268 e. The van der Waals surface area contributed by atoms with E-state index >= 15 is 0 Å². The maximum Gasteiger partial charge on any atom is 0.263 e. The van der Waals surface area contributed by atoms with Crippen LogP contribution >= 0.6 is 11.5 Å². The van der Waals surface area contributed by atoms with Gasteiger partial charge in [-0.3, -0.25) is 8.75 Å². The van der Waals surface area contributed by atoms with Crippen LogP contribution in [0.1, 0.15) is 25.5 Å². The first kappa shape index (κ1) is 7.54. The Bertz CT molecular complexity index is 271. The van der Waals surface area contributed by atoms with Gasteiger partial charge in [-0.05, 0) is 20.8 Å². The summed E-state index contributed by atoms with van der Waals surface area (Å²) >= 11 is 1.49. The topological polar surface area (TPSA) is 22.0 Å². The summed E-state index contributed by atoms with van der Waals surface area (Å²) in [7, 11) is 0. The number of rotatable bonds is 1. The number of aryl methyl sites for hydroxylation is 1. The van der Waals surface area contributed by atoms with Crippen molar-refractivity contribution in [2.24, 2.45) is 0 Å². The number of aromatic nitrogens is 1. The van der Waals surface area contributed by atoms with Crippen LogP contribution in [0.5, 0.6) is 0 Å². The van der Waals surface area contributed by atoms with Gasteiger partial charge in [0.1, 0.15) is 0 Å². The van der Waals surface area contributed by atoms with E-state index in [1.807, 2.05) is 26.2 Å². The maximum absolute atomic E-state index is 11.2. The third-order valence-electron chi connectivity index (χ3n) is 1.35. The van der Waals surface area contributed by atoms with Crippen LogP contribution < -0.4 is 5.56 Å². The molecule has 56 valence electrons. The molecule has 3 heteroatoms. The molecular weight excluding hydrogens is 146 g/mol. The Kier molecular flexibility index (Phi) is 1.94. The van der Waals surface area contributed by atoms with Gasteiger partial charge < -0.3 is 0 Å². The SMILES string of the molecule is Cc1csn(C(C)C)c1=O. The average molecular weight is 157 g/mol. The van der Waals surface area contributed by atoms with E-state index in [-0.39, 0.29) is 5.56 Å². The van der Waals surface area contributed by atoms with Gasteiger partial charge in [0.15, 0.2) is 0 Å². The molecule has 0 saturated heterocycles. The first-order valence-corrected chi connectivity index (χ1v) is 4.13. The molecule has 0 fully saturated rings. The standard InChI is InChI=1S/C7H11NOS/c1-5(2)8-7(9)6(3)4-10-8/h4-5H,1-3H3. The molecule has 0 atom stereocenters. The smallest absolute Gasteiger partial charge is 0.263 e. The van der Waals surface area contributed by atoms with Crippen LogP contribution in [0.3, 0.4) is 0 Å². The molecule has 10 heavy (non-hydrogen) atoms. The third-order valence-corrected chi connectivity index (χ3v) is 2.62. The zero-order valence-electron chi connectivity index (χ0n) is 6.42. The lowest BCUT2D eigenvalue weighted by Crippen LogP contribution is -2.16. The summed E-state index contributed by atoms with van der Waals surface area (Å²) in [6, 6.07) is 0.297. The maximum atomic E-state index is 11.2. The Morgan fingerprint density at radius 1 is 1.60 bits per heavy atom. The second-order valence-corrected chi connectivity index (χ2v) is 3.47. The van der Waals surface area contributed by atoms with Crippen molar-refractivity contribution in [2.75, 3.05) is 0 Å². The van der Waals surface area contributed by atoms with Crippen LogP contribution in [0.15, 0.2) is 10.2 Å². The predicted octanol–water partition coefficient (Wildman–Crippen LogP) is 1.80. The molecule has 0 N–H and O–H groups in total. The molecule has 0 bridgehead atoms. The monoisotopic (exact) mass is 157 g/mol. The molecule has 0 aromatic carbocycles. The Morgan fingerprint density at radius 2 is 2.20 bits per heavy atom. The Labute approximate surface area is 64.3 Å². The van der Waals surface area contributed by atoms with Crippen molar-refractivity contribution in [1.29, 1.82) is 0 Å². The van der Waals surface area contributed by atoms with Gasteiger partial charge in [-0.15, -0.1) is 0 Å². The Morgan fingerprint density at radius 3 is 2.40 bits per heavy atom. The van der Waals surface area contributed by atoms with Gasteiger partial charge in [-0.1, -0.05) is 11.5 Å². The van der Waals surface area contributed by atoms with Crippen molar-refractivity contribution in [3.05, 3.63) is 21.3 Å². The van der Waals surface area contributed by atoms with Crippen LogP contribution in [-0.2, 0) is 0 Å². The van der Waals surface area contributed by atoms with E-state index in [0.717, 1.165) is 5.56 Å². The molecule has 0 saturated carbocycles. The van der Waals surface area contributed by atoms with Gasteiger partial charge in [0.25, 0.3) is 5.56 Å². The van der Waals surface area contributed by atoms with E-state index in [9.17, 15) is 4.79 Å². The van der Waals surface area contributed by atoms with Crippen LogP contribution in [0.2, 0.25) is 0 Å². The lowest BCUT2D eigenvalue weighted by Gasteiger charge is -2.01. The van der Waals surface area contributed by atoms with Crippen molar-refractivity contribution in [1.82, 2.24) is 3.96 Å². The van der Waals surface area contributed by atoms with E-state index in [1.54, 1.807) is 3.96 Å². The zero-order valence-corrected chi connectivity index (χ0v) is 7.23. The molecule has 0 aliphatic rings. The van der Waals surface area contributed by atoms with Crippen molar-refractivity contribution in [3.8, 4) is 0 Å². The molecule has 1 rings (SSSR count). The quantitative estimate of drug-likeness (QED) is 0.609. The summed E-state index contributed by atoms with van der Waals surface area (Å²) < 4.78 is 1.77. The van der Waals surface area contributed by atoms with E-state index < -0.39 is 0 Å². The number of nitrogens with zero attached hydrogens (tertiary/aromatic N) is 1. The molecule has 0 amide bonds. The fourth-order valence-electron chi connectivity index (χ4n) is 0.764. The molecule has 0 aliphatic heterocycles. The predicted molar refractivity (Wildman–Crippen MR) is 43.7 cm³/mol. The zero-order chi connectivity index (χ0) is 7.72. The first-order valence-electron chi connectivity index (χ1n) is 3.30. The van der Waals surface area contributed by atoms with Crippen LogP contribution in [0.25, 0.3) is 0 Å². The lowest BCUT2D eigenvalue weighted by atomic mass is 10.4. The summed E-state index contributed by atoms with van der Waals surface area (Å²) in [5, 5.41) is 1.89. The second kappa shape index (κ2) is 2.58. The van der Waals surface area contributed by atoms with Gasteiger partial charge in [0.2, 0.25) is 0 Å². The highest BCUT2D eigenvalue weighted by atomic mass is 32.1. The minimum absolute atomic E-state index is 0.153. The molecule has 0 spiro atoms. The van der Waals surface area contributed by atoms with Crippen molar-refractivity contribution < 1.29 is 0 Å². The lowest BCUT2D eigenvalue weighted by molar-refractivity contribution is 0.631. The van der Waals surface area contributed by atoms with Gasteiger partial charge in [0.05, 0.1) is 0 Å². The van der Waals surface area contributed by atoms with Crippen molar-refractivity contribution in [3.63, 3.8) is 0 Å². The van der Waals surface area contributed by atoms with Crippen molar-refractivity contribution in [2.45, 2.75) is 26.8 Å². The van der Waals surface area contributed by atoms with Crippen LogP contribution in [0.4, 0.5) is 0 Å². The van der Waals surface area contributed by atoms with Gasteiger partial charge in [-0.25, -0.2) is 0 Å². The van der Waals surface area contributed by atoms with Crippen LogP contribution in [0, 0.1) is 6.92 Å². The fraction of sp³-hybridized carbons (Fsp3) is 0.571. The molecule has 1 aromatic heterocycles. The summed E-state index contributed by atoms with van der Waals surface area (Å²) in [6.07, 6.45) is 0. The molecule has 0 aliphatic carbocycles. The van der Waals surface area contributed by atoms with Gasteiger partial charge in [-0.2, -0.15) is 0 Å². The summed E-state index contributed by atoms with van der Waals surface area (Å²) in [4.78, 5) is 11.2. The molecule has 1 heterocycles. The Balaban J connectivity index is 3.18. The summed E-state index contributed by atoms with van der Waals surface area (Å²) in [5.74, 6) is 0. The number of hydrogen-bond donors (Lipinski definition) is 0. The molecule has 0 radical (unpaired) electrons. The minimum Gasteiger partial charge on any atom is -0.268 e.